The smallest absolute Gasteiger partial charge is 0.338 e. The first kappa shape index (κ1) is 24.5. The summed E-state index contributed by atoms with van der Waals surface area (Å²) in [4.78, 5) is 29.8. The molecule has 0 spiro atoms. The zero-order valence-electron chi connectivity index (χ0n) is 20.2. The Bertz CT molecular complexity index is 1390. The molecule has 4 aromatic rings. The van der Waals surface area contributed by atoms with Crippen molar-refractivity contribution in [3.05, 3.63) is 78.4 Å². The average molecular weight is 487 g/mol. The van der Waals surface area contributed by atoms with Crippen LogP contribution in [0.2, 0.25) is 0 Å². The zero-order valence-corrected chi connectivity index (χ0v) is 20.2. The van der Waals surface area contributed by atoms with Gasteiger partial charge in [0.1, 0.15) is 17.2 Å². The summed E-state index contributed by atoms with van der Waals surface area (Å²) in [5, 5.41) is 3.38. The summed E-state index contributed by atoms with van der Waals surface area (Å²) in [6, 6.07) is 21.5. The predicted octanol–water partition coefficient (Wildman–Crippen LogP) is 5.11. The fraction of sp³-hybridized carbons (Fsp3) is 0.179. The standard InChI is InChI=1S/C28H26N2O6/c1-4-35-28(32)19-10-12-22-21(14-19)25(16-24(29-22)18-8-6-5-7-9-18)36-17-27(31)30-23-13-11-20(33-2)15-26(23)34-3/h5-16H,4,17H2,1-3H3,(H,30,31). The van der Waals surface area contributed by atoms with Gasteiger partial charge in [0.2, 0.25) is 0 Å². The van der Waals surface area contributed by atoms with Crippen molar-refractivity contribution in [2.24, 2.45) is 0 Å². The Morgan fingerprint density at radius 2 is 1.69 bits per heavy atom. The van der Waals surface area contributed by atoms with Gasteiger partial charge < -0.3 is 24.3 Å². The second kappa shape index (κ2) is 11.2. The van der Waals surface area contributed by atoms with E-state index >= 15 is 0 Å². The Labute approximate surface area is 208 Å². The molecule has 184 valence electrons. The van der Waals surface area contributed by atoms with Gasteiger partial charge in [0, 0.05) is 23.1 Å². The molecule has 4 rings (SSSR count). The number of anilines is 1. The number of carbonyl (C=O) groups is 2. The number of esters is 1. The first-order valence-electron chi connectivity index (χ1n) is 11.3. The number of rotatable bonds is 9. The molecule has 36 heavy (non-hydrogen) atoms. The van der Waals surface area contributed by atoms with Gasteiger partial charge in [0.25, 0.3) is 5.91 Å². The SMILES string of the molecule is CCOC(=O)c1ccc2nc(-c3ccccc3)cc(OCC(=O)Nc3ccc(OC)cc3OC)c2c1. The molecular weight excluding hydrogens is 460 g/mol. The Kier molecular flexibility index (Phi) is 7.65. The van der Waals surface area contributed by atoms with Crippen LogP contribution in [0.3, 0.4) is 0 Å². The lowest BCUT2D eigenvalue weighted by Gasteiger charge is -2.14. The Hall–Kier alpha value is -4.59. The number of methoxy groups -OCH3 is 2. The number of aromatic nitrogens is 1. The quantitative estimate of drug-likeness (QED) is 0.328. The molecule has 8 nitrogen and oxygen atoms in total. The molecule has 0 fully saturated rings. The van der Waals surface area contributed by atoms with E-state index in [0.717, 1.165) is 5.56 Å². The van der Waals surface area contributed by atoms with Gasteiger partial charge in [-0.25, -0.2) is 9.78 Å². The highest BCUT2D eigenvalue weighted by Crippen LogP contribution is 2.32. The van der Waals surface area contributed by atoms with E-state index in [1.54, 1.807) is 56.5 Å². The number of pyridine rings is 1. The molecule has 1 heterocycles. The lowest BCUT2D eigenvalue weighted by atomic mass is 10.1. The summed E-state index contributed by atoms with van der Waals surface area (Å²) in [6.07, 6.45) is 0. The summed E-state index contributed by atoms with van der Waals surface area (Å²) in [5.41, 5.74) is 3.05. The lowest BCUT2D eigenvalue weighted by Crippen LogP contribution is -2.20. The van der Waals surface area contributed by atoms with Crippen LogP contribution in [0.4, 0.5) is 5.69 Å². The average Bonchev–Trinajstić information content (AvgIpc) is 2.92. The second-order valence-corrected chi connectivity index (χ2v) is 7.73. The highest BCUT2D eigenvalue weighted by molar-refractivity contribution is 5.98. The third-order valence-corrected chi connectivity index (χ3v) is 5.39. The number of amides is 1. The molecule has 0 bridgehead atoms. The second-order valence-electron chi connectivity index (χ2n) is 7.73. The number of hydrogen-bond donors (Lipinski definition) is 1. The molecule has 1 N–H and O–H groups in total. The molecule has 0 saturated carbocycles. The molecule has 0 radical (unpaired) electrons. The predicted molar refractivity (Wildman–Crippen MR) is 137 cm³/mol. The van der Waals surface area contributed by atoms with E-state index in [-0.39, 0.29) is 19.1 Å². The molecule has 8 heteroatoms. The van der Waals surface area contributed by atoms with Crippen LogP contribution in [0.1, 0.15) is 17.3 Å². The van der Waals surface area contributed by atoms with Gasteiger partial charge in [-0.1, -0.05) is 30.3 Å². The fourth-order valence-corrected chi connectivity index (χ4v) is 3.64. The van der Waals surface area contributed by atoms with Crippen LogP contribution >= 0.6 is 0 Å². The van der Waals surface area contributed by atoms with Crippen LogP contribution in [-0.2, 0) is 9.53 Å². The van der Waals surface area contributed by atoms with E-state index in [2.05, 4.69) is 5.32 Å². The van der Waals surface area contributed by atoms with Crippen molar-refractivity contribution in [2.75, 3.05) is 32.8 Å². The third-order valence-electron chi connectivity index (χ3n) is 5.39. The van der Waals surface area contributed by atoms with Crippen molar-refractivity contribution in [1.29, 1.82) is 0 Å². The number of nitrogens with one attached hydrogen (secondary N) is 1. The van der Waals surface area contributed by atoms with Gasteiger partial charge in [0.15, 0.2) is 6.61 Å². The summed E-state index contributed by atoms with van der Waals surface area (Å²) < 4.78 is 21.6. The van der Waals surface area contributed by atoms with Crippen molar-refractivity contribution in [2.45, 2.75) is 6.92 Å². The largest absolute Gasteiger partial charge is 0.497 e. The molecular formula is C28H26N2O6. The number of carbonyl (C=O) groups excluding carboxylic acids is 2. The van der Waals surface area contributed by atoms with Crippen molar-refractivity contribution in [3.63, 3.8) is 0 Å². The molecule has 3 aromatic carbocycles. The maximum atomic E-state index is 12.7. The molecule has 0 saturated heterocycles. The maximum Gasteiger partial charge on any atom is 0.338 e. The van der Waals surface area contributed by atoms with Gasteiger partial charge in [0.05, 0.1) is 43.3 Å². The topological polar surface area (TPSA) is 96.0 Å². The molecule has 0 atom stereocenters. The highest BCUT2D eigenvalue weighted by Gasteiger charge is 2.15. The van der Waals surface area contributed by atoms with E-state index in [1.807, 2.05) is 30.3 Å². The van der Waals surface area contributed by atoms with Crippen LogP contribution in [-0.4, -0.2) is 44.3 Å². The van der Waals surface area contributed by atoms with E-state index in [1.165, 1.54) is 7.11 Å². The monoisotopic (exact) mass is 486 g/mol. The maximum absolute atomic E-state index is 12.7. The van der Waals surface area contributed by atoms with Gasteiger partial charge in [-0.15, -0.1) is 0 Å². The van der Waals surface area contributed by atoms with E-state index in [0.29, 0.717) is 45.1 Å². The molecule has 0 unspecified atom stereocenters. The van der Waals surface area contributed by atoms with Gasteiger partial charge in [-0.3, -0.25) is 4.79 Å². The summed E-state index contributed by atoms with van der Waals surface area (Å²) >= 11 is 0. The Balaban J connectivity index is 1.63. The minimum absolute atomic E-state index is 0.264. The van der Waals surface area contributed by atoms with Crippen LogP contribution in [0.5, 0.6) is 17.2 Å². The number of hydrogen-bond acceptors (Lipinski definition) is 7. The first-order chi connectivity index (χ1) is 17.5. The summed E-state index contributed by atoms with van der Waals surface area (Å²) in [5.74, 6) is 0.660. The number of ether oxygens (including phenoxy) is 4. The highest BCUT2D eigenvalue weighted by atomic mass is 16.5. The lowest BCUT2D eigenvalue weighted by molar-refractivity contribution is -0.118. The van der Waals surface area contributed by atoms with Crippen molar-refractivity contribution in [1.82, 2.24) is 4.98 Å². The Morgan fingerprint density at radius 3 is 2.42 bits per heavy atom. The van der Waals surface area contributed by atoms with Gasteiger partial charge in [-0.2, -0.15) is 0 Å². The first-order valence-corrected chi connectivity index (χ1v) is 11.3. The number of nitrogens with zero attached hydrogens (tertiary/aromatic N) is 1. The minimum Gasteiger partial charge on any atom is -0.497 e. The minimum atomic E-state index is -0.443. The van der Waals surface area contributed by atoms with Crippen molar-refractivity contribution >= 4 is 28.5 Å². The van der Waals surface area contributed by atoms with Crippen molar-refractivity contribution < 1.29 is 28.5 Å². The van der Waals surface area contributed by atoms with Crippen LogP contribution in [0.25, 0.3) is 22.2 Å². The van der Waals surface area contributed by atoms with Crippen LogP contribution < -0.4 is 19.5 Å². The molecule has 1 aromatic heterocycles. The van der Waals surface area contributed by atoms with E-state index in [9.17, 15) is 9.59 Å². The molecule has 1 amide bonds. The van der Waals surface area contributed by atoms with E-state index in [4.69, 9.17) is 23.9 Å². The molecule has 0 aliphatic carbocycles. The summed E-state index contributed by atoms with van der Waals surface area (Å²) in [7, 11) is 3.06. The normalized spacial score (nSPS) is 10.5. The van der Waals surface area contributed by atoms with Gasteiger partial charge >= 0.3 is 5.97 Å². The third kappa shape index (κ3) is 5.55. The summed E-state index contributed by atoms with van der Waals surface area (Å²) in [6.45, 7) is 1.74. The number of fused-ring (bicyclic) bond motifs is 1. The van der Waals surface area contributed by atoms with Gasteiger partial charge in [-0.05, 0) is 37.3 Å². The van der Waals surface area contributed by atoms with E-state index < -0.39 is 5.97 Å². The zero-order chi connectivity index (χ0) is 25.5. The van der Waals surface area contributed by atoms with Crippen LogP contribution in [0, 0.1) is 0 Å². The fourth-order valence-electron chi connectivity index (χ4n) is 3.64. The molecule has 0 aliphatic rings. The number of benzene rings is 3. The molecule has 0 aliphatic heterocycles. The van der Waals surface area contributed by atoms with Crippen molar-refractivity contribution in [3.8, 4) is 28.5 Å². The Morgan fingerprint density at radius 1 is 0.889 bits per heavy atom. The van der Waals surface area contributed by atoms with Crippen LogP contribution in [0.15, 0.2) is 72.8 Å².